The van der Waals surface area contributed by atoms with E-state index in [4.69, 9.17) is 0 Å². The number of rotatable bonds is 6. The Balaban J connectivity index is 0.00000312. The Labute approximate surface area is 165 Å². The third-order valence-corrected chi connectivity index (χ3v) is 3.77. The minimum absolute atomic E-state index is 0. The average Bonchev–Trinajstić information content (AvgIpc) is 2.96. The highest BCUT2D eigenvalue weighted by Crippen LogP contribution is 2.16. The molecule has 8 heteroatoms. The minimum atomic E-state index is -0.235. The first-order chi connectivity index (χ1) is 11.5. The van der Waals surface area contributed by atoms with Crippen molar-refractivity contribution in [3.8, 4) is 0 Å². The molecule has 0 aliphatic carbocycles. The second-order valence-electron chi connectivity index (χ2n) is 5.86. The molecule has 138 valence electrons. The van der Waals surface area contributed by atoms with E-state index in [-0.39, 0.29) is 35.8 Å². The highest BCUT2D eigenvalue weighted by molar-refractivity contribution is 14.0. The summed E-state index contributed by atoms with van der Waals surface area (Å²) < 4.78 is 15.0. The molecule has 1 heterocycles. The molecule has 0 aliphatic heterocycles. The maximum Gasteiger partial charge on any atom is 0.191 e. The van der Waals surface area contributed by atoms with E-state index in [1.807, 2.05) is 39.6 Å². The highest BCUT2D eigenvalue weighted by Gasteiger charge is 2.16. The summed E-state index contributed by atoms with van der Waals surface area (Å²) in [6.07, 6.45) is 3.88. The van der Waals surface area contributed by atoms with Crippen molar-refractivity contribution in [1.82, 2.24) is 25.3 Å². The van der Waals surface area contributed by atoms with E-state index in [9.17, 15) is 4.39 Å². The van der Waals surface area contributed by atoms with Crippen LogP contribution in [0.5, 0.6) is 0 Å². The van der Waals surface area contributed by atoms with Crippen LogP contribution in [0.15, 0.2) is 41.7 Å². The third kappa shape index (κ3) is 6.62. The predicted molar refractivity (Wildman–Crippen MR) is 110 cm³/mol. The fourth-order valence-corrected chi connectivity index (χ4v) is 2.46. The quantitative estimate of drug-likeness (QED) is 0.394. The summed E-state index contributed by atoms with van der Waals surface area (Å²) in [6.45, 7) is 1.19. The Bertz CT molecular complexity index is 685. The molecule has 0 radical (unpaired) electrons. The number of guanidine groups is 1. The molecular weight excluding hydrogens is 434 g/mol. The van der Waals surface area contributed by atoms with E-state index >= 15 is 0 Å². The maximum atomic E-state index is 13.2. The second-order valence-corrected chi connectivity index (χ2v) is 5.86. The average molecular weight is 460 g/mol. The fraction of sp³-hybridized carbons (Fsp3) is 0.412. The summed E-state index contributed by atoms with van der Waals surface area (Å²) in [5.74, 6) is 0.441. The Kier molecular flexibility index (Phi) is 8.84. The first kappa shape index (κ1) is 21.4. The van der Waals surface area contributed by atoms with Crippen LogP contribution in [0.3, 0.4) is 0 Å². The number of likely N-dealkylation sites (N-methyl/N-ethyl adjacent to an activating group) is 1. The molecule has 6 nitrogen and oxygen atoms in total. The molecule has 0 saturated heterocycles. The van der Waals surface area contributed by atoms with Crippen molar-refractivity contribution < 1.29 is 4.39 Å². The van der Waals surface area contributed by atoms with Crippen LogP contribution in [0.1, 0.15) is 17.2 Å². The van der Waals surface area contributed by atoms with E-state index in [0.29, 0.717) is 19.0 Å². The largest absolute Gasteiger partial charge is 0.354 e. The van der Waals surface area contributed by atoms with Gasteiger partial charge in [0.05, 0.1) is 12.2 Å². The second kappa shape index (κ2) is 10.3. The number of aromatic nitrogens is 2. The number of hydrogen-bond acceptors (Lipinski definition) is 3. The zero-order chi connectivity index (χ0) is 17.5. The summed E-state index contributed by atoms with van der Waals surface area (Å²) in [6, 6.07) is 6.70. The summed E-state index contributed by atoms with van der Waals surface area (Å²) in [5.41, 5.74) is 2.00. The molecule has 0 aliphatic rings. The lowest BCUT2D eigenvalue weighted by Gasteiger charge is -2.24. The van der Waals surface area contributed by atoms with E-state index in [1.165, 1.54) is 12.1 Å². The van der Waals surface area contributed by atoms with Gasteiger partial charge in [0, 0.05) is 38.9 Å². The Morgan fingerprint density at radius 2 is 2.12 bits per heavy atom. The predicted octanol–water partition coefficient (Wildman–Crippen LogP) is 2.15. The monoisotopic (exact) mass is 460 g/mol. The van der Waals surface area contributed by atoms with Crippen LogP contribution in [0.25, 0.3) is 0 Å². The molecule has 0 bridgehead atoms. The summed E-state index contributed by atoms with van der Waals surface area (Å²) in [5, 5.41) is 10.7. The van der Waals surface area contributed by atoms with Gasteiger partial charge in [0.15, 0.2) is 5.96 Å². The van der Waals surface area contributed by atoms with Gasteiger partial charge in [-0.1, -0.05) is 12.1 Å². The summed E-state index contributed by atoms with van der Waals surface area (Å²) in [4.78, 5) is 6.35. The van der Waals surface area contributed by atoms with Crippen molar-refractivity contribution >= 4 is 29.9 Å². The van der Waals surface area contributed by atoms with Crippen molar-refractivity contribution in [2.75, 3.05) is 27.7 Å². The molecule has 0 fully saturated rings. The van der Waals surface area contributed by atoms with Crippen LogP contribution in [0.4, 0.5) is 4.39 Å². The van der Waals surface area contributed by atoms with Crippen molar-refractivity contribution in [1.29, 1.82) is 0 Å². The standard InChI is InChI=1S/C17H25FN6.HI/c1-19-17(20-9-13-6-5-7-15(18)8-13)21-11-16(23(2)3)14-10-22-24(4)12-14;/h5-8,10,12,16H,9,11H2,1-4H3,(H2,19,20,21);1H. The lowest BCUT2D eigenvalue weighted by molar-refractivity contribution is 0.298. The molecule has 0 amide bonds. The fourth-order valence-electron chi connectivity index (χ4n) is 2.46. The molecule has 1 unspecified atom stereocenters. The number of halogens is 2. The van der Waals surface area contributed by atoms with Crippen LogP contribution in [0.2, 0.25) is 0 Å². The van der Waals surface area contributed by atoms with Crippen LogP contribution in [-0.4, -0.2) is 48.3 Å². The van der Waals surface area contributed by atoms with E-state index < -0.39 is 0 Å². The van der Waals surface area contributed by atoms with Crippen molar-refractivity contribution in [2.24, 2.45) is 12.0 Å². The summed E-state index contributed by atoms with van der Waals surface area (Å²) in [7, 11) is 7.68. The lowest BCUT2D eigenvalue weighted by atomic mass is 10.1. The normalized spacial score (nSPS) is 12.6. The Morgan fingerprint density at radius 3 is 2.68 bits per heavy atom. The smallest absolute Gasteiger partial charge is 0.191 e. The van der Waals surface area contributed by atoms with E-state index in [2.05, 4.69) is 25.6 Å². The van der Waals surface area contributed by atoms with Crippen molar-refractivity contribution in [3.05, 3.63) is 53.6 Å². The zero-order valence-electron chi connectivity index (χ0n) is 15.0. The number of hydrogen-bond donors (Lipinski definition) is 2. The molecule has 2 rings (SSSR count). The van der Waals surface area contributed by atoms with Crippen LogP contribution in [-0.2, 0) is 13.6 Å². The van der Waals surface area contributed by atoms with Crippen LogP contribution < -0.4 is 10.6 Å². The van der Waals surface area contributed by atoms with E-state index in [1.54, 1.807) is 17.8 Å². The lowest BCUT2D eigenvalue weighted by Crippen LogP contribution is -2.41. The number of aryl methyl sites for hydroxylation is 1. The van der Waals surface area contributed by atoms with Gasteiger partial charge in [-0.25, -0.2) is 4.39 Å². The van der Waals surface area contributed by atoms with Crippen LogP contribution in [0, 0.1) is 5.82 Å². The van der Waals surface area contributed by atoms with Gasteiger partial charge in [0.1, 0.15) is 5.82 Å². The zero-order valence-corrected chi connectivity index (χ0v) is 17.4. The maximum absolute atomic E-state index is 13.2. The van der Waals surface area contributed by atoms with Crippen LogP contribution >= 0.6 is 24.0 Å². The van der Waals surface area contributed by atoms with Gasteiger partial charge in [0.25, 0.3) is 0 Å². The third-order valence-electron chi connectivity index (χ3n) is 3.77. The number of aliphatic imine (C=N–C) groups is 1. The molecule has 1 aromatic heterocycles. The van der Waals surface area contributed by atoms with Gasteiger partial charge in [-0.15, -0.1) is 24.0 Å². The van der Waals surface area contributed by atoms with Crippen molar-refractivity contribution in [3.63, 3.8) is 0 Å². The van der Waals surface area contributed by atoms with Gasteiger partial charge >= 0.3 is 0 Å². The number of benzene rings is 1. The topological polar surface area (TPSA) is 57.5 Å². The molecule has 1 atom stereocenters. The molecule has 0 spiro atoms. The Hall–Kier alpha value is -1.68. The highest BCUT2D eigenvalue weighted by atomic mass is 127. The molecule has 0 saturated carbocycles. The first-order valence-electron chi connectivity index (χ1n) is 7.83. The van der Waals surface area contributed by atoms with Gasteiger partial charge in [0.2, 0.25) is 0 Å². The number of nitrogens with zero attached hydrogens (tertiary/aromatic N) is 4. The number of nitrogens with one attached hydrogen (secondary N) is 2. The van der Waals surface area contributed by atoms with Gasteiger partial charge < -0.3 is 15.5 Å². The summed E-state index contributed by atoms with van der Waals surface area (Å²) >= 11 is 0. The molecule has 1 aromatic carbocycles. The van der Waals surface area contributed by atoms with Gasteiger partial charge in [-0.05, 0) is 31.8 Å². The minimum Gasteiger partial charge on any atom is -0.354 e. The van der Waals surface area contributed by atoms with Gasteiger partial charge in [-0.3, -0.25) is 9.67 Å². The SMILES string of the molecule is CN=C(NCc1cccc(F)c1)NCC(c1cnn(C)c1)N(C)C.I. The molecule has 2 N–H and O–H groups in total. The Morgan fingerprint density at radius 1 is 1.36 bits per heavy atom. The molecular formula is C17H26FIN6. The van der Waals surface area contributed by atoms with Crippen molar-refractivity contribution in [2.45, 2.75) is 12.6 Å². The van der Waals surface area contributed by atoms with Gasteiger partial charge in [-0.2, -0.15) is 5.10 Å². The molecule has 2 aromatic rings. The molecule has 25 heavy (non-hydrogen) atoms. The van der Waals surface area contributed by atoms with E-state index in [0.717, 1.165) is 11.1 Å². The first-order valence-corrected chi connectivity index (χ1v) is 7.83.